The third kappa shape index (κ3) is 3.88. The van der Waals surface area contributed by atoms with E-state index in [1.54, 1.807) is 19.1 Å². The molecule has 18 heavy (non-hydrogen) atoms. The second-order valence-electron chi connectivity index (χ2n) is 3.62. The predicted molar refractivity (Wildman–Crippen MR) is 72.7 cm³/mol. The van der Waals surface area contributed by atoms with Gasteiger partial charge in [-0.15, -0.1) is 0 Å². The van der Waals surface area contributed by atoms with Crippen LogP contribution in [-0.2, 0) is 19.6 Å². The van der Waals surface area contributed by atoms with Gasteiger partial charge in [0.2, 0.25) is 10.0 Å². The molecule has 100 valence electrons. The number of rotatable bonds is 4. The zero-order valence-electron chi connectivity index (χ0n) is 9.86. The molecule has 0 aliphatic rings. The van der Waals surface area contributed by atoms with E-state index in [1.165, 1.54) is 0 Å². The number of nitrogens with one attached hydrogen (secondary N) is 1. The highest BCUT2D eigenvalue weighted by molar-refractivity contribution is 9.10. The molecule has 0 bridgehead atoms. The van der Waals surface area contributed by atoms with Gasteiger partial charge in [0.25, 0.3) is 0 Å². The van der Waals surface area contributed by atoms with E-state index in [1.807, 2.05) is 0 Å². The van der Waals surface area contributed by atoms with Crippen LogP contribution in [0.15, 0.2) is 16.6 Å². The second-order valence-corrected chi connectivity index (χ2v) is 6.26. The topological polar surface area (TPSA) is 98.5 Å². The van der Waals surface area contributed by atoms with E-state index >= 15 is 0 Å². The Hall–Kier alpha value is -1.28. The fourth-order valence-electron chi connectivity index (χ4n) is 1.31. The van der Waals surface area contributed by atoms with E-state index in [0.29, 0.717) is 5.56 Å². The lowest BCUT2D eigenvalue weighted by atomic mass is 10.2. The molecule has 0 radical (unpaired) electrons. The van der Waals surface area contributed by atoms with Gasteiger partial charge in [0.05, 0.1) is 18.5 Å². The number of nitrogen functional groups attached to an aromatic ring is 1. The van der Waals surface area contributed by atoms with Crippen LogP contribution in [0.5, 0.6) is 0 Å². The zero-order chi connectivity index (χ0) is 13.9. The molecule has 0 saturated heterocycles. The first-order chi connectivity index (χ1) is 8.25. The Bertz CT molecular complexity index is 548. The second kappa shape index (κ2) is 5.57. The minimum Gasteiger partial charge on any atom is -0.468 e. The molecule has 0 amide bonds. The first-order valence-corrected chi connectivity index (χ1v) is 7.32. The number of hydrogen-bond donors (Lipinski definition) is 2. The van der Waals surface area contributed by atoms with Crippen molar-refractivity contribution >= 4 is 43.3 Å². The zero-order valence-corrected chi connectivity index (χ0v) is 12.3. The third-order valence-corrected chi connectivity index (χ3v) is 3.71. The molecule has 1 aromatic carbocycles. The first-order valence-electron chi connectivity index (χ1n) is 4.88. The van der Waals surface area contributed by atoms with Gasteiger partial charge in [0.1, 0.15) is 0 Å². The van der Waals surface area contributed by atoms with Crippen LogP contribution in [0.1, 0.15) is 5.56 Å². The highest BCUT2D eigenvalue weighted by Gasteiger charge is 2.19. The fourth-order valence-corrected chi connectivity index (χ4v) is 2.99. The Morgan fingerprint density at radius 2 is 2.11 bits per heavy atom. The van der Waals surface area contributed by atoms with Crippen LogP contribution in [0.2, 0.25) is 0 Å². The fraction of sp³-hybridized carbons (Fsp3) is 0.300. The highest BCUT2D eigenvalue weighted by atomic mass is 79.9. The molecule has 0 aromatic heterocycles. The molecular formula is C10H13BrN2O4S. The summed E-state index contributed by atoms with van der Waals surface area (Å²) < 4.78 is 30.7. The first kappa shape index (κ1) is 14.8. The van der Waals surface area contributed by atoms with E-state index in [2.05, 4.69) is 25.4 Å². The van der Waals surface area contributed by atoms with Gasteiger partial charge in [-0.3, -0.25) is 9.52 Å². The van der Waals surface area contributed by atoms with Gasteiger partial charge in [-0.05, 0) is 24.6 Å². The van der Waals surface area contributed by atoms with Gasteiger partial charge >= 0.3 is 5.97 Å². The Labute approximate surface area is 114 Å². The van der Waals surface area contributed by atoms with Crippen LogP contribution in [0.3, 0.4) is 0 Å². The number of sulfonamides is 1. The monoisotopic (exact) mass is 336 g/mol. The summed E-state index contributed by atoms with van der Waals surface area (Å²) in [5.74, 6) is -1.59. The number of hydrogen-bond acceptors (Lipinski definition) is 5. The largest absolute Gasteiger partial charge is 0.468 e. The van der Waals surface area contributed by atoms with Gasteiger partial charge in [-0.25, -0.2) is 8.42 Å². The minimum atomic E-state index is -3.82. The molecule has 0 saturated carbocycles. The summed E-state index contributed by atoms with van der Waals surface area (Å²) in [7, 11) is -2.70. The Kier molecular flexibility index (Phi) is 4.58. The molecule has 0 fully saturated rings. The normalized spacial score (nSPS) is 11.1. The molecule has 0 unspecified atom stereocenters. The molecule has 0 atom stereocenters. The van der Waals surface area contributed by atoms with Crippen molar-refractivity contribution in [2.24, 2.45) is 0 Å². The van der Waals surface area contributed by atoms with Crippen molar-refractivity contribution in [2.45, 2.75) is 6.92 Å². The number of carbonyl (C=O) groups excluding carboxylic acids is 1. The van der Waals surface area contributed by atoms with E-state index in [4.69, 9.17) is 5.73 Å². The molecule has 1 rings (SSSR count). The lowest BCUT2D eigenvalue weighted by Crippen LogP contribution is -2.24. The van der Waals surface area contributed by atoms with E-state index in [9.17, 15) is 13.2 Å². The van der Waals surface area contributed by atoms with Crippen molar-refractivity contribution < 1.29 is 17.9 Å². The van der Waals surface area contributed by atoms with Crippen LogP contribution < -0.4 is 10.5 Å². The predicted octanol–water partition coefficient (Wildman–Crippen LogP) is 1.25. The molecular weight excluding hydrogens is 324 g/mol. The number of aryl methyl sites for hydroxylation is 1. The molecule has 0 aliphatic carbocycles. The van der Waals surface area contributed by atoms with Crippen molar-refractivity contribution in [1.82, 2.24) is 0 Å². The molecule has 0 spiro atoms. The number of anilines is 2. The SMILES string of the molecule is COC(=O)CS(=O)(=O)Nc1c(C)cc(Br)cc1N. The van der Waals surface area contributed by atoms with E-state index in [0.717, 1.165) is 11.6 Å². The van der Waals surface area contributed by atoms with Gasteiger partial charge < -0.3 is 10.5 Å². The van der Waals surface area contributed by atoms with Crippen molar-refractivity contribution in [2.75, 3.05) is 23.3 Å². The summed E-state index contributed by atoms with van der Waals surface area (Å²) >= 11 is 3.25. The summed E-state index contributed by atoms with van der Waals surface area (Å²) in [5, 5.41) is 0. The summed E-state index contributed by atoms with van der Waals surface area (Å²) in [6, 6.07) is 3.29. The number of nitrogens with two attached hydrogens (primary N) is 1. The lowest BCUT2D eigenvalue weighted by Gasteiger charge is -2.12. The van der Waals surface area contributed by atoms with Crippen LogP contribution >= 0.6 is 15.9 Å². The van der Waals surface area contributed by atoms with Crippen molar-refractivity contribution in [3.05, 3.63) is 22.2 Å². The number of methoxy groups -OCH3 is 1. The van der Waals surface area contributed by atoms with Crippen molar-refractivity contribution in [3.63, 3.8) is 0 Å². The van der Waals surface area contributed by atoms with Crippen LogP contribution in [0.4, 0.5) is 11.4 Å². The van der Waals surface area contributed by atoms with Gasteiger partial charge in [0.15, 0.2) is 5.75 Å². The maximum absolute atomic E-state index is 11.7. The molecule has 3 N–H and O–H groups in total. The average molecular weight is 337 g/mol. The van der Waals surface area contributed by atoms with Crippen molar-refractivity contribution in [3.8, 4) is 0 Å². The van der Waals surface area contributed by atoms with Gasteiger partial charge in [0, 0.05) is 4.47 Å². The number of benzene rings is 1. The Morgan fingerprint density at radius 1 is 1.50 bits per heavy atom. The summed E-state index contributed by atoms with van der Waals surface area (Å²) in [4.78, 5) is 11.0. The maximum atomic E-state index is 11.7. The number of ether oxygens (including phenoxy) is 1. The lowest BCUT2D eigenvalue weighted by molar-refractivity contribution is -0.137. The number of halogens is 1. The minimum absolute atomic E-state index is 0.266. The van der Waals surface area contributed by atoms with E-state index < -0.39 is 21.7 Å². The standard InChI is InChI=1S/C10H13BrN2O4S/c1-6-3-7(11)4-8(12)10(6)13-18(15,16)5-9(14)17-2/h3-4,13H,5,12H2,1-2H3. The molecule has 8 heteroatoms. The maximum Gasteiger partial charge on any atom is 0.322 e. The molecule has 0 aliphatic heterocycles. The van der Waals surface area contributed by atoms with Crippen LogP contribution in [-0.4, -0.2) is 27.2 Å². The van der Waals surface area contributed by atoms with Crippen LogP contribution in [0.25, 0.3) is 0 Å². The summed E-state index contributed by atoms with van der Waals surface area (Å²) in [6.45, 7) is 1.71. The average Bonchev–Trinajstić information content (AvgIpc) is 2.22. The number of carbonyl (C=O) groups is 1. The summed E-state index contributed by atoms with van der Waals surface area (Å²) in [5.41, 5.74) is 6.91. The third-order valence-electron chi connectivity index (χ3n) is 2.12. The molecule has 6 nitrogen and oxygen atoms in total. The Morgan fingerprint density at radius 3 is 2.61 bits per heavy atom. The van der Waals surface area contributed by atoms with Gasteiger partial charge in [-0.1, -0.05) is 15.9 Å². The van der Waals surface area contributed by atoms with Crippen LogP contribution in [0, 0.1) is 6.92 Å². The number of esters is 1. The van der Waals surface area contributed by atoms with Crippen molar-refractivity contribution in [1.29, 1.82) is 0 Å². The van der Waals surface area contributed by atoms with Gasteiger partial charge in [-0.2, -0.15) is 0 Å². The molecule has 1 aromatic rings. The quantitative estimate of drug-likeness (QED) is 0.636. The molecule has 0 heterocycles. The highest BCUT2D eigenvalue weighted by Crippen LogP contribution is 2.28. The Balaban J connectivity index is 3.01. The smallest absolute Gasteiger partial charge is 0.322 e. The summed E-state index contributed by atoms with van der Waals surface area (Å²) in [6.07, 6.45) is 0. The van der Waals surface area contributed by atoms with E-state index in [-0.39, 0.29) is 11.4 Å².